The van der Waals surface area contributed by atoms with Gasteiger partial charge in [0.2, 0.25) is 0 Å². The molecule has 1 aliphatic heterocycles. The van der Waals surface area contributed by atoms with Gasteiger partial charge >= 0.3 is 0 Å². The molecule has 2 rings (SSSR count). The van der Waals surface area contributed by atoms with Crippen LogP contribution in [0.25, 0.3) is 0 Å². The van der Waals surface area contributed by atoms with Crippen molar-refractivity contribution in [1.29, 1.82) is 0 Å². The summed E-state index contributed by atoms with van der Waals surface area (Å²) >= 11 is 0. The van der Waals surface area contributed by atoms with Crippen LogP contribution in [0.1, 0.15) is 24.4 Å². The van der Waals surface area contributed by atoms with Gasteiger partial charge in [-0.15, -0.1) is 0 Å². The zero-order valence-electron chi connectivity index (χ0n) is 7.56. The van der Waals surface area contributed by atoms with E-state index >= 15 is 0 Å². The fraction of sp³-hybridized carbons (Fsp3) is 0.455. The number of nitrogens with zero attached hydrogens (tertiary/aromatic N) is 1. The van der Waals surface area contributed by atoms with E-state index in [0.717, 1.165) is 24.9 Å². The second kappa shape index (κ2) is 3.90. The van der Waals surface area contributed by atoms with E-state index < -0.39 is 0 Å². The second-order valence-corrected chi connectivity index (χ2v) is 3.47. The quantitative estimate of drug-likeness (QED) is 0.691. The third-order valence-corrected chi connectivity index (χ3v) is 2.49. The zero-order valence-corrected chi connectivity index (χ0v) is 7.56. The molecule has 2 unspecified atom stereocenters. The molecule has 1 radical (unpaired) electrons. The maximum atomic E-state index is 9.73. The fourth-order valence-electron chi connectivity index (χ4n) is 1.79. The van der Waals surface area contributed by atoms with Crippen LogP contribution in [0.15, 0.2) is 30.3 Å². The molecule has 1 aromatic carbocycles. The second-order valence-electron chi connectivity index (χ2n) is 3.47. The Kier molecular flexibility index (Phi) is 2.62. The molecule has 1 saturated heterocycles. The Balaban J connectivity index is 2.15. The first kappa shape index (κ1) is 8.73. The molecule has 1 aromatic rings. The Morgan fingerprint density at radius 3 is 2.69 bits per heavy atom. The molecule has 0 aromatic heterocycles. The Bertz CT molecular complexity index is 260. The highest BCUT2D eigenvalue weighted by Gasteiger charge is 2.24. The van der Waals surface area contributed by atoms with E-state index in [1.54, 1.807) is 0 Å². The SMILES string of the molecule is OC1CCC[N]C1c1ccccc1. The molecule has 0 amide bonds. The maximum Gasteiger partial charge on any atom is 0.0754 e. The van der Waals surface area contributed by atoms with E-state index in [0.29, 0.717) is 0 Å². The molecule has 2 nitrogen and oxygen atoms in total. The summed E-state index contributed by atoms with van der Waals surface area (Å²) in [6.07, 6.45) is 1.62. The highest BCUT2D eigenvalue weighted by molar-refractivity contribution is 5.20. The van der Waals surface area contributed by atoms with Crippen LogP contribution in [0.2, 0.25) is 0 Å². The summed E-state index contributed by atoms with van der Waals surface area (Å²) in [5.41, 5.74) is 1.13. The van der Waals surface area contributed by atoms with Crippen molar-refractivity contribution in [3.63, 3.8) is 0 Å². The van der Waals surface area contributed by atoms with Crippen LogP contribution in [0.5, 0.6) is 0 Å². The average molecular weight is 176 g/mol. The normalized spacial score (nSPS) is 28.7. The van der Waals surface area contributed by atoms with Gasteiger partial charge < -0.3 is 5.11 Å². The van der Waals surface area contributed by atoms with Crippen molar-refractivity contribution in [3.8, 4) is 0 Å². The number of hydrogen-bond acceptors (Lipinski definition) is 1. The summed E-state index contributed by atoms with van der Waals surface area (Å²) < 4.78 is 0. The summed E-state index contributed by atoms with van der Waals surface area (Å²) in [6.45, 7) is 0.886. The van der Waals surface area contributed by atoms with Crippen LogP contribution in [0.4, 0.5) is 0 Å². The zero-order chi connectivity index (χ0) is 9.10. The van der Waals surface area contributed by atoms with Gasteiger partial charge in [0.15, 0.2) is 0 Å². The van der Waals surface area contributed by atoms with Gasteiger partial charge in [-0.1, -0.05) is 30.3 Å². The van der Waals surface area contributed by atoms with Gasteiger partial charge in [0.25, 0.3) is 0 Å². The lowest BCUT2D eigenvalue weighted by Crippen LogP contribution is -2.32. The van der Waals surface area contributed by atoms with Gasteiger partial charge in [-0.05, 0) is 18.4 Å². The minimum absolute atomic E-state index is 0.00921. The van der Waals surface area contributed by atoms with Crippen LogP contribution >= 0.6 is 0 Å². The van der Waals surface area contributed by atoms with E-state index in [1.807, 2.05) is 30.3 Å². The molecule has 1 fully saturated rings. The molecule has 0 bridgehead atoms. The molecular formula is C11H14NO. The van der Waals surface area contributed by atoms with Crippen molar-refractivity contribution in [1.82, 2.24) is 5.32 Å². The van der Waals surface area contributed by atoms with E-state index in [4.69, 9.17) is 0 Å². The molecule has 1 N–H and O–H groups in total. The van der Waals surface area contributed by atoms with Crippen LogP contribution in [0.3, 0.4) is 0 Å². The highest BCUT2D eigenvalue weighted by Crippen LogP contribution is 2.24. The van der Waals surface area contributed by atoms with Gasteiger partial charge in [-0.2, -0.15) is 0 Å². The van der Waals surface area contributed by atoms with Crippen molar-refractivity contribution < 1.29 is 5.11 Å². The van der Waals surface area contributed by atoms with E-state index in [1.165, 1.54) is 0 Å². The van der Waals surface area contributed by atoms with Crippen LogP contribution < -0.4 is 5.32 Å². The molecule has 1 aliphatic rings. The first-order chi connectivity index (χ1) is 6.38. The summed E-state index contributed by atoms with van der Waals surface area (Å²) in [4.78, 5) is 0. The van der Waals surface area contributed by atoms with Gasteiger partial charge in [-0.3, -0.25) is 0 Å². The number of hydrogen-bond donors (Lipinski definition) is 1. The maximum absolute atomic E-state index is 9.73. The number of aliphatic hydroxyl groups is 1. The van der Waals surface area contributed by atoms with Gasteiger partial charge in [0, 0.05) is 6.54 Å². The molecule has 0 spiro atoms. The molecule has 0 saturated carbocycles. The number of rotatable bonds is 1. The first-order valence-electron chi connectivity index (χ1n) is 4.77. The summed E-state index contributed by atoms with van der Waals surface area (Å²) in [5, 5.41) is 14.2. The third kappa shape index (κ3) is 1.90. The molecular weight excluding hydrogens is 162 g/mol. The average Bonchev–Trinajstić information content (AvgIpc) is 2.20. The summed E-state index contributed by atoms with van der Waals surface area (Å²) in [6, 6.07) is 10.0. The lowest BCUT2D eigenvalue weighted by atomic mass is 9.95. The van der Waals surface area contributed by atoms with Crippen LogP contribution in [-0.2, 0) is 0 Å². The van der Waals surface area contributed by atoms with Gasteiger partial charge in [0.05, 0.1) is 12.1 Å². The largest absolute Gasteiger partial charge is 0.391 e. The van der Waals surface area contributed by atoms with Gasteiger partial charge in [-0.25, -0.2) is 5.32 Å². The minimum Gasteiger partial charge on any atom is -0.391 e. The predicted molar refractivity (Wildman–Crippen MR) is 51.4 cm³/mol. The predicted octanol–water partition coefficient (Wildman–Crippen LogP) is 1.49. The monoisotopic (exact) mass is 176 g/mol. The Hall–Kier alpha value is -0.860. The van der Waals surface area contributed by atoms with E-state index in [-0.39, 0.29) is 12.1 Å². The summed E-state index contributed by atoms with van der Waals surface area (Å²) in [5.74, 6) is 0. The van der Waals surface area contributed by atoms with Gasteiger partial charge in [0.1, 0.15) is 0 Å². The van der Waals surface area contributed by atoms with Crippen molar-refractivity contribution in [2.24, 2.45) is 0 Å². The topological polar surface area (TPSA) is 34.3 Å². The van der Waals surface area contributed by atoms with Crippen molar-refractivity contribution in [2.45, 2.75) is 25.0 Å². The van der Waals surface area contributed by atoms with Crippen LogP contribution in [-0.4, -0.2) is 17.8 Å². The number of piperidine rings is 1. The van der Waals surface area contributed by atoms with Crippen molar-refractivity contribution >= 4 is 0 Å². The first-order valence-corrected chi connectivity index (χ1v) is 4.77. The molecule has 13 heavy (non-hydrogen) atoms. The number of aliphatic hydroxyl groups excluding tert-OH is 1. The summed E-state index contributed by atoms with van der Waals surface area (Å²) in [7, 11) is 0. The standard InChI is InChI=1S/C11H14NO/c13-10-7-4-8-12-11(10)9-5-2-1-3-6-9/h1-3,5-6,10-11,13H,4,7-8H2. The van der Waals surface area contributed by atoms with E-state index in [9.17, 15) is 5.11 Å². The Morgan fingerprint density at radius 2 is 2.00 bits per heavy atom. The molecule has 1 heterocycles. The Labute approximate surface area is 78.6 Å². The van der Waals surface area contributed by atoms with Crippen molar-refractivity contribution in [2.75, 3.05) is 6.54 Å². The highest BCUT2D eigenvalue weighted by atomic mass is 16.3. The molecule has 69 valence electrons. The number of benzene rings is 1. The smallest absolute Gasteiger partial charge is 0.0754 e. The minimum atomic E-state index is -0.281. The lowest BCUT2D eigenvalue weighted by molar-refractivity contribution is 0.0943. The molecule has 2 heteroatoms. The lowest BCUT2D eigenvalue weighted by Gasteiger charge is -2.27. The fourth-order valence-corrected chi connectivity index (χ4v) is 1.79. The molecule has 0 aliphatic carbocycles. The van der Waals surface area contributed by atoms with Crippen molar-refractivity contribution in [3.05, 3.63) is 35.9 Å². The van der Waals surface area contributed by atoms with E-state index in [2.05, 4.69) is 5.32 Å². The molecule has 2 atom stereocenters. The third-order valence-electron chi connectivity index (χ3n) is 2.49. The Morgan fingerprint density at radius 1 is 1.23 bits per heavy atom. The van der Waals surface area contributed by atoms with Crippen LogP contribution in [0, 0.1) is 0 Å².